The molecular formula is C15H20N2O4. The first kappa shape index (κ1) is 16.7. The molecule has 6 nitrogen and oxygen atoms in total. The van der Waals surface area contributed by atoms with Crippen molar-refractivity contribution in [3.05, 3.63) is 29.8 Å². The van der Waals surface area contributed by atoms with E-state index in [9.17, 15) is 14.4 Å². The second kappa shape index (κ2) is 8.04. The largest absolute Gasteiger partial charge is 0.465 e. The van der Waals surface area contributed by atoms with Gasteiger partial charge in [0.1, 0.15) is 6.42 Å². The Morgan fingerprint density at radius 3 is 2.43 bits per heavy atom. The van der Waals surface area contributed by atoms with Crippen LogP contribution >= 0.6 is 0 Å². The van der Waals surface area contributed by atoms with Crippen LogP contribution in [0.4, 0.5) is 5.69 Å². The van der Waals surface area contributed by atoms with Crippen LogP contribution in [0.1, 0.15) is 30.6 Å². The molecule has 6 heteroatoms. The first-order valence-corrected chi connectivity index (χ1v) is 6.77. The van der Waals surface area contributed by atoms with Gasteiger partial charge in [-0.2, -0.15) is 0 Å². The minimum atomic E-state index is -0.481. The molecule has 0 spiro atoms. The van der Waals surface area contributed by atoms with Crippen LogP contribution in [-0.4, -0.2) is 42.9 Å². The van der Waals surface area contributed by atoms with Gasteiger partial charge in [0.25, 0.3) is 0 Å². The molecule has 1 aromatic rings. The molecule has 0 aliphatic heterocycles. The lowest BCUT2D eigenvalue weighted by Crippen LogP contribution is -2.33. The van der Waals surface area contributed by atoms with Crippen molar-refractivity contribution in [2.24, 2.45) is 0 Å². The van der Waals surface area contributed by atoms with E-state index in [2.05, 4.69) is 10.1 Å². The van der Waals surface area contributed by atoms with Crippen molar-refractivity contribution in [1.29, 1.82) is 0 Å². The molecule has 114 valence electrons. The van der Waals surface area contributed by atoms with E-state index in [1.165, 1.54) is 13.2 Å². The molecule has 0 bridgehead atoms. The number of esters is 1. The summed E-state index contributed by atoms with van der Waals surface area (Å²) in [6.07, 6.45) is -0.218. The highest BCUT2D eigenvalue weighted by atomic mass is 16.5. The summed E-state index contributed by atoms with van der Waals surface area (Å²) in [5, 5.41) is 2.60. The van der Waals surface area contributed by atoms with Gasteiger partial charge in [-0.05, 0) is 32.0 Å². The van der Waals surface area contributed by atoms with E-state index in [1.54, 1.807) is 23.1 Å². The molecule has 1 rings (SSSR count). The maximum atomic E-state index is 11.8. The number of nitrogens with zero attached hydrogens (tertiary/aromatic N) is 1. The second-order valence-corrected chi connectivity index (χ2v) is 4.36. The number of amides is 2. The zero-order valence-corrected chi connectivity index (χ0v) is 12.5. The van der Waals surface area contributed by atoms with Crippen LogP contribution < -0.4 is 5.32 Å². The monoisotopic (exact) mass is 292 g/mol. The molecule has 0 saturated heterocycles. The Kier molecular flexibility index (Phi) is 6.39. The minimum absolute atomic E-state index is 0.218. The molecule has 21 heavy (non-hydrogen) atoms. The predicted molar refractivity (Wildman–Crippen MR) is 79.0 cm³/mol. The Bertz CT molecular complexity index is 524. The Labute approximate surface area is 124 Å². The fourth-order valence-corrected chi connectivity index (χ4v) is 1.87. The molecule has 0 aliphatic rings. The number of hydrogen-bond donors (Lipinski definition) is 1. The molecule has 2 amide bonds. The van der Waals surface area contributed by atoms with Gasteiger partial charge >= 0.3 is 5.97 Å². The van der Waals surface area contributed by atoms with Gasteiger partial charge in [0, 0.05) is 18.8 Å². The van der Waals surface area contributed by atoms with Crippen LogP contribution in [0.15, 0.2) is 24.3 Å². The van der Waals surface area contributed by atoms with Crippen LogP contribution in [0, 0.1) is 0 Å². The first-order chi connectivity index (χ1) is 10.0. The van der Waals surface area contributed by atoms with Crippen molar-refractivity contribution in [2.75, 3.05) is 25.5 Å². The molecule has 1 N–H and O–H groups in total. The van der Waals surface area contributed by atoms with Gasteiger partial charge in [-0.25, -0.2) is 4.79 Å². The third-order valence-electron chi connectivity index (χ3n) is 3.00. The van der Waals surface area contributed by atoms with E-state index >= 15 is 0 Å². The predicted octanol–water partition coefficient (Wildman–Crippen LogP) is 1.67. The van der Waals surface area contributed by atoms with E-state index in [4.69, 9.17) is 0 Å². The minimum Gasteiger partial charge on any atom is -0.465 e. The normalized spacial score (nSPS) is 9.86. The number of nitrogens with one attached hydrogen (secondary N) is 1. The standard InChI is InChI=1S/C15H20N2O4/c1-4-17(5-2)14(19)10-13(18)16-12-8-6-7-11(9-12)15(20)21-3/h6-9H,4-5,10H2,1-3H3,(H,16,18). The van der Waals surface area contributed by atoms with Crippen molar-refractivity contribution in [3.8, 4) is 0 Å². The first-order valence-electron chi connectivity index (χ1n) is 6.77. The van der Waals surface area contributed by atoms with Crippen molar-refractivity contribution >= 4 is 23.5 Å². The summed E-state index contributed by atoms with van der Waals surface area (Å²) in [7, 11) is 1.29. The van der Waals surface area contributed by atoms with E-state index in [0.29, 0.717) is 24.3 Å². The molecule has 0 aliphatic carbocycles. The number of rotatable bonds is 6. The smallest absolute Gasteiger partial charge is 0.337 e. The summed E-state index contributed by atoms with van der Waals surface area (Å²) in [6.45, 7) is 4.86. The highest BCUT2D eigenvalue weighted by Crippen LogP contribution is 2.12. The van der Waals surface area contributed by atoms with Crippen LogP contribution in [-0.2, 0) is 14.3 Å². The molecule has 0 aromatic heterocycles. The number of ether oxygens (including phenoxy) is 1. The van der Waals surface area contributed by atoms with Crippen LogP contribution in [0.2, 0.25) is 0 Å². The van der Waals surface area contributed by atoms with Crippen molar-refractivity contribution in [1.82, 2.24) is 4.90 Å². The van der Waals surface area contributed by atoms with E-state index in [0.717, 1.165) is 0 Å². The zero-order valence-electron chi connectivity index (χ0n) is 12.5. The lowest BCUT2D eigenvalue weighted by atomic mass is 10.2. The van der Waals surface area contributed by atoms with Crippen molar-refractivity contribution in [3.63, 3.8) is 0 Å². The zero-order chi connectivity index (χ0) is 15.8. The lowest BCUT2D eigenvalue weighted by Gasteiger charge is -2.18. The topological polar surface area (TPSA) is 75.7 Å². The molecule has 0 fully saturated rings. The Hall–Kier alpha value is -2.37. The van der Waals surface area contributed by atoms with Gasteiger partial charge < -0.3 is 15.0 Å². The second-order valence-electron chi connectivity index (χ2n) is 4.36. The van der Waals surface area contributed by atoms with Crippen molar-refractivity contribution in [2.45, 2.75) is 20.3 Å². The molecule has 1 aromatic carbocycles. The fourth-order valence-electron chi connectivity index (χ4n) is 1.87. The number of methoxy groups -OCH3 is 1. The maximum absolute atomic E-state index is 11.8. The van der Waals surface area contributed by atoms with E-state index in [-0.39, 0.29) is 12.3 Å². The average molecular weight is 292 g/mol. The summed E-state index contributed by atoms with van der Waals surface area (Å²) in [5.41, 5.74) is 0.792. The Balaban J connectivity index is 2.67. The number of hydrogen-bond acceptors (Lipinski definition) is 4. The number of benzene rings is 1. The van der Waals surface area contributed by atoms with Crippen molar-refractivity contribution < 1.29 is 19.1 Å². The van der Waals surface area contributed by atoms with Crippen LogP contribution in [0.5, 0.6) is 0 Å². The van der Waals surface area contributed by atoms with Gasteiger partial charge in [0.15, 0.2) is 0 Å². The molecule has 0 saturated carbocycles. The van der Waals surface area contributed by atoms with E-state index < -0.39 is 11.9 Å². The number of carbonyl (C=O) groups excluding carboxylic acids is 3. The molecule has 0 atom stereocenters. The molecule has 0 heterocycles. The summed E-state index contributed by atoms with van der Waals surface area (Å²) in [6, 6.07) is 6.37. The average Bonchev–Trinajstić information content (AvgIpc) is 2.47. The summed E-state index contributed by atoms with van der Waals surface area (Å²) in [4.78, 5) is 36.6. The highest BCUT2D eigenvalue weighted by molar-refractivity contribution is 6.04. The SMILES string of the molecule is CCN(CC)C(=O)CC(=O)Nc1cccc(C(=O)OC)c1. The number of anilines is 1. The molecular weight excluding hydrogens is 272 g/mol. The van der Waals surface area contributed by atoms with Crippen LogP contribution in [0.3, 0.4) is 0 Å². The van der Waals surface area contributed by atoms with E-state index in [1.807, 2.05) is 13.8 Å². The summed E-state index contributed by atoms with van der Waals surface area (Å²) in [5.74, 6) is -1.11. The van der Waals surface area contributed by atoms with Crippen LogP contribution in [0.25, 0.3) is 0 Å². The van der Waals surface area contributed by atoms with Gasteiger partial charge in [-0.3, -0.25) is 9.59 Å². The van der Waals surface area contributed by atoms with Gasteiger partial charge in [0.05, 0.1) is 12.7 Å². The summed E-state index contributed by atoms with van der Waals surface area (Å²) >= 11 is 0. The lowest BCUT2D eigenvalue weighted by molar-refractivity contribution is -0.134. The maximum Gasteiger partial charge on any atom is 0.337 e. The Morgan fingerprint density at radius 2 is 1.86 bits per heavy atom. The third-order valence-corrected chi connectivity index (χ3v) is 3.00. The Morgan fingerprint density at radius 1 is 1.19 bits per heavy atom. The molecule has 0 radical (unpaired) electrons. The quantitative estimate of drug-likeness (QED) is 0.639. The van der Waals surface area contributed by atoms with Gasteiger partial charge in [-0.1, -0.05) is 6.07 Å². The van der Waals surface area contributed by atoms with Gasteiger partial charge in [-0.15, -0.1) is 0 Å². The van der Waals surface area contributed by atoms with Gasteiger partial charge in [0.2, 0.25) is 11.8 Å². The number of carbonyl (C=O) groups is 3. The molecule has 0 unspecified atom stereocenters. The third kappa shape index (κ3) is 4.91. The summed E-state index contributed by atoms with van der Waals surface area (Å²) < 4.78 is 4.61. The highest BCUT2D eigenvalue weighted by Gasteiger charge is 2.15. The fraction of sp³-hybridized carbons (Fsp3) is 0.400.